The number of halogens is 2. The summed E-state index contributed by atoms with van der Waals surface area (Å²) in [5.74, 6) is -0.251. The first-order valence-electron chi connectivity index (χ1n) is 13.8. The highest BCUT2D eigenvalue weighted by atomic mass is 19.1. The van der Waals surface area contributed by atoms with E-state index < -0.39 is 17.6 Å². The van der Waals surface area contributed by atoms with Crippen LogP contribution in [0, 0.1) is 5.82 Å². The van der Waals surface area contributed by atoms with Crippen molar-refractivity contribution in [2.24, 2.45) is 0 Å². The van der Waals surface area contributed by atoms with Crippen molar-refractivity contribution in [2.45, 2.75) is 50.1 Å². The number of anilines is 2. The van der Waals surface area contributed by atoms with Gasteiger partial charge in [-0.3, -0.25) is 9.69 Å². The lowest BCUT2D eigenvalue weighted by atomic mass is 9.93. The first-order chi connectivity index (χ1) is 18.4. The summed E-state index contributed by atoms with van der Waals surface area (Å²) in [5, 5.41) is 3.34. The molecule has 2 atom stereocenters. The minimum absolute atomic E-state index is 0.0435. The molecule has 0 radical (unpaired) electrons. The molecule has 1 aromatic carbocycles. The number of likely N-dealkylation sites (tertiary alicyclic amines) is 1. The van der Waals surface area contributed by atoms with E-state index in [4.69, 9.17) is 14.5 Å². The third-order valence-electron chi connectivity index (χ3n) is 8.08. The van der Waals surface area contributed by atoms with Crippen LogP contribution in [0.4, 0.5) is 20.3 Å². The van der Waals surface area contributed by atoms with Crippen LogP contribution >= 0.6 is 0 Å². The summed E-state index contributed by atoms with van der Waals surface area (Å²) < 4.78 is 41.4. The second-order valence-corrected chi connectivity index (χ2v) is 10.8. The second kappa shape index (κ2) is 11.9. The van der Waals surface area contributed by atoms with E-state index in [2.05, 4.69) is 16.3 Å². The minimum Gasteiger partial charge on any atom is -0.469 e. The van der Waals surface area contributed by atoms with Gasteiger partial charge in [0.1, 0.15) is 17.3 Å². The standard InChI is InChI=1S/C29H38F2N4O3/c1-37-27(36)17-22(25-18-24(6-7-26(25)30)35-13-15-38-16-14-35)19-34-12-10-29(31,20-34)9-8-23-5-4-21-3-2-11-32-28(21)33-23/h4-7,18,22H,2-3,8-17,19-20H2,1H3,(H,32,33)/t22-,29+/m1/s1. The molecule has 2 saturated heterocycles. The summed E-state index contributed by atoms with van der Waals surface area (Å²) in [7, 11) is 1.34. The Balaban J connectivity index is 1.25. The summed E-state index contributed by atoms with van der Waals surface area (Å²) >= 11 is 0. The number of alkyl halides is 1. The number of benzene rings is 1. The molecule has 0 unspecified atom stereocenters. The fourth-order valence-corrected chi connectivity index (χ4v) is 5.87. The minimum atomic E-state index is -1.34. The third kappa shape index (κ3) is 6.43. The Bertz CT molecular complexity index is 1130. The van der Waals surface area contributed by atoms with E-state index in [1.54, 1.807) is 6.07 Å². The second-order valence-electron chi connectivity index (χ2n) is 10.8. The zero-order valence-electron chi connectivity index (χ0n) is 22.2. The first-order valence-corrected chi connectivity index (χ1v) is 13.8. The molecule has 0 aliphatic carbocycles. The fraction of sp³-hybridized carbons (Fsp3) is 0.586. The van der Waals surface area contributed by atoms with Crippen molar-refractivity contribution in [1.29, 1.82) is 0 Å². The maximum Gasteiger partial charge on any atom is 0.306 e. The lowest BCUT2D eigenvalue weighted by Gasteiger charge is -2.30. The number of hydrogen-bond donors (Lipinski definition) is 1. The summed E-state index contributed by atoms with van der Waals surface area (Å²) in [6.45, 7) is 4.87. The van der Waals surface area contributed by atoms with Gasteiger partial charge in [-0.05, 0) is 67.5 Å². The largest absolute Gasteiger partial charge is 0.469 e. The average molecular weight is 529 g/mol. The number of ether oxygens (including phenoxy) is 2. The maximum absolute atomic E-state index is 15.9. The highest BCUT2D eigenvalue weighted by Gasteiger charge is 2.39. The van der Waals surface area contributed by atoms with Crippen molar-refractivity contribution in [1.82, 2.24) is 9.88 Å². The van der Waals surface area contributed by atoms with E-state index in [1.807, 2.05) is 17.0 Å². The Hall–Kier alpha value is -2.78. The summed E-state index contributed by atoms with van der Waals surface area (Å²) in [6.07, 6.45) is 3.55. The van der Waals surface area contributed by atoms with Crippen molar-refractivity contribution in [3.63, 3.8) is 0 Å². The van der Waals surface area contributed by atoms with Crippen LogP contribution in [-0.4, -0.2) is 81.1 Å². The lowest BCUT2D eigenvalue weighted by Crippen LogP contribution is -2.36. The molecule has 0 amide bonds. The molecule has 38 heavy (non-hydrogen) atoms. The van der Waals surface area contributed by atoms with Gasteiger partial charge in [0.05, 0.1) is 26.7 Å². The first kappa shape index (κ1) is 26.8. The predicted octanol–water partition coefficient (Wildman–Crippen LogP) is 4.11. The molecule has 1 aromatic heterocycles. The average Bonchev–Trinajstić information content (AvgIpc) is 3.32. The van der Waals surface area contributed by atoms with Gasteiger partial charge in [0.15, 0.2) is 0 Å². The van der Waals surface area contributed by atoms with Crippen LogP contribution < -0.4 is 10.2 Å². The van der Waals surface area contributed by atoms with Gasteiger partial charge in [0.2, 0.25) is 0 Å². The molecule has 206 valence electrons. The van der Waals surface area contributed by atoms with Crippen LogP contribution in [0.5, 0.6) is 0 Å². The number of fused-ring (bicyclic) bond motifs is 1. The highest BCUT2D eigenvalue weighted by molar-refractivity contribution is 5.70. The van der Waals surface area contributed by atoms with Crippen molar-refractivity contribution >= 4 is 17.5 Å². The number of methoxy groups -OCH3 is 1. The van der Waals surface area contributed by atoms with Gasteiger partial charge < -0.3 is 19.7 Å². The van der Waals surface area contributed by atoms with Gasteiger partial charge >= 0.3 is 5.97 Å². The van der Waals surface area contributed by atoms with Gasteiger partial charge in [-0.25, -0.2) is 13.8 Å². The number of morpholine rings is 1. The number of esters is 1. The van der Waals surface area contributed by atoms with Crippen LogP contribution in [0.2, 0.25) is 0 Å². The molecule has 3 aliphatic heterocycles. The summed E-state index contributed by atoms with van der Waals surface area (Å²) in [4.78, 5) is 21.2. The lowest BCUT2D eigenvalue weighted by molar-refractivity contribution is -0.141. The van der Waals surface area contributed by atoms with E-state index in [0.29, 0.717) is 51.1 Å². The number of pyridine rings is 1. The van der Waals surface area contributed by atoms with Gasteiger partial charge in [-0.15, -0.1) is 0 Å². The Morgan fingerprint density at radius 2 is 2.08 bits per heavy atom. The molecule has 5 rings (SSSR count). The zero-order chi connectivity index (χ0) is 26.5. The van der Waals surface area contributed by atoms with E-state index >= 15 is 8.78 Å². The Morgan fingerprint density at radius 3 is 2.89 bits per heavy atom. The molecule has 3 aliphatic rings. The molecule has 0 spiro atoms. The Kier molecular flexibility index (Phi) is 8.43. The summed E-state index contributed by atoms with van der Waals surface area (Å²) in [5.41, 5.74) is 2.17. The van der Waals surface area contributed by atoms with Crippen LogP contribution in [0.15, 0.2) is 30.3 Å². The fourth-order valence-electron chi connectivity index (χ4n) is 5.87. The quantitative estimate of drug-likeness (QED) is 0.492. The van der Waals surface area contributed by atoms with Gasteiger partial charge in [-0.2, -0.15) is 0 Å². The molecule has 4 heterocycles. The molecule has 2 aromatic rings. The number of aromatic nitrogens is 1. The van der Waals surface area contributed by atoms with Crippen molar-refractivity contribution < 1.29 is 23.0 Å². The molecule has 2 fully saturated rings. The molecular formula is C29H38F2N4O3. The molecule has 0 saturated carbocycles. The number of carbonyl (C=O) groups is 1. The Morgan fingerprint density at radius 1 is 1.24 bits per heavy atom. The number of hydrogen-bond acceptors (Lipinski definition) is 7. The number of rotatable bonds is 9. The van der Waals surface area contributed by atoms with Crippen molar-refractivity contribution in [2.75, 3.05) is 69.8 Å². The smallest absolute Gasteiger partial charge is 0.306 e. The van der Waals surface area contributed by atoms with Crippen LogP contribution in [0.25, 0.3) is 0 Å². The molecule has 7 nitrogen and oxygen atoms in total. The highest BCUT2D eigenvalue weighted by Crippen LogP contribution is 2.35. The van der Waals surface area contributed by atoms with Crippen LogP contribution in [0.1, 0.15) is 48.4 Å². The normalized spacial score (nSPS) is 22.6. The number of aryl methyl sites for hydroxylation is 2. The van der Waals surface area contributed by atoms with E-state index in [9.17, 15) is 4.79 Å². The van der Waals surface area contributed by atoms with Crippen LogP contribution in [0.3, 0.4) is 0 Å². The van der Waals surface area contributed by atoms with Gasteiger partial charge in [0, 0.05) is 56.6 Å². The van der Waals surface area contributed by atoms with Crippen molar-refractivity contribution in [3.05, 3.63) is 53.0 Å². The molecule has 9 heteroatoms. The number of nitrogens with one attached hydrogen (secondary N) is 1. The molecule has 0 bridgehead atoms. The topological polar surface area (TPSA) is 66.9 Å². The zero-order valence-corrected chi connectivity index (χ0v) is 22.2. The van der Waals surface area contributed by atoms with E-state index in [-0.39, 0.29) is 18.8 Å². The Labute approximate surface area is 223 Å². The SMILES string of the molecule is COC(=O)C[C@H](CN1CC[C@@](F)(CCc2ccc3c(n2)NCCC3)C1)c1cc(N2CCOCC2)ccc1F. The maximum atomic E-state index is 15.9. The van der Waals surface area contributed by atoms with Crippen LogP contribution in [-0.2, 0) is 27.1 Å². The predicted molar refractivity (Wildman–Crippen MR) is 143 cm³/mol. The third-order valence-corrected chi connectivity index (χ3v) is 8.08. The monoisotopic (exact) mass is 528 g/mol. The number of nitrogens with zero attached hydrogens (tertiary/aromatic N) is 3. The van der Waals surface area contributed by atoms with Gasteiger partial charge in [-0.1, -0.05) is 6.07 Å². The van der Waals surface area contributed by atoms with Gasteiger partial charge in [0.25, 0.3) is 0 Å². The summed E-state index contributed by atoms with van der Waals surface area (Å²) in [6, 6.07) is 9.19. The molecular weight excluding hydrogens is 490 g/mol. The van der Waals surface area contributed by atoms with E-state index in [1.165, 1.54) is 18.7 Å². The number of carbonyl (C=O) groups excluding carboxylic acids is 1. The van der Waals surface area contributed by atoms with E-state index in [0.717, 1.165) is 49.7 Å². The molecule has 1 N–H and O–H groups in total. The van der Waals surface area contributed by atoms with Crippen molar-refractivity contribution in [3.8, 4) is 0 Å².